The summed E-state index contributed by atoms with van der Waals surface area (Å²) in [6, 6.07) is 4.87. The lowest BCUT2D eigenvalue weighted by Gasteiger charge is -2.20. The molecule has 1 rings (SSSR count). The summed E-state index contributed by atoms with van der Waals surface area (Å²) in [4.78, 5) is 2.40. The van der Waals surface area contributed by atoms with E-state index in [9.17, 15) is 0 Å². The molecule has 0 amide bonds. The first-order valence-corrected chi connectivity index (χ1v) is 6.91. The molecule has 0 heterocycles. The quantitative estimate of drug-likeness (QED) is 0.838. The lowest BCUT2D eigenvalue weighted by atomic mass is 9.99. The van der Waals surface area contributed by atoms with Gasteiger partial charge in [0, 0.05) is 12.6 Å². The van der Waals surface area contributed by atoms with Gasteiger partial charge in [-0.1, -0.05) is 17.7 Å². The standard InChI is InChI=1S/C16H28N2/c1-12-9-13(2)16(14(3)10-12)11-18(5)8-6-7-15(4)17/h9-10,15H,6-8,11,17H2,1-5H3. The molecule has 0 spiro atoms. The maximum Gasteiger partial charge on any atom is 0.0235 e. The van der Waals surface area contributed by atoms with E-state index in [4.69, 9.17) is 5.73 Å². The zero-order chi connectivity index (χ0) is 13.7. The molecular weight excluding hydrogens is 220 g/mol. The molecule has 102 valence electrons. The largest absolute Gasteiger partial charge is 0.328 e. The van der Waals surface area contributed by atoms with Crippen LogP contribution in [-0.2, 0) is 6.54 Å². The van der Waals surface area contributed by atoms with Gasteiger partial charge in [0.25, 0.3) is 0 Å². The molecule has 1 atom stereocenters. The van der Waals surface area contributed by atoms with Crippen molar-refractivity contribution >= 4 is 0 Å². The molecular formula is C16H28N2. The van der Waals surface area contributed by atoms with Gasteiger partial charge in [0.15, 0.2) is 0 Å². The SMILES string of the molecule is Cc1cc(C)c(CN(C)CCCC(C)N)c(C)c1. The molecule has 2 nitrogen and oxygen atoms in total. The van der Waals surface area contributed by atoms with Crippen LogP contribution in [0.4, 0.5) is 0 Å². The molecule has 0 radical (unpaired) electrons. The van der Waals surface area contributed by atoms with E-state index in [1.165, 1.54) is 28.7 Å². The summed E-state index contributed by atoms with van der Waals surface area (Å²) < 4.78 is 0. The van der Waals surface area contributed by atoms with Gasteiger partial charge in [-0.2, -0.15) is 0 Å². The van der Waals surface area contributed by atoms with Gasteiger partial charge >= 0.3 is 0 Å². The minimum absolute atomic E-state index is 0.321. The maximum atomic E-state index is 5.78. The number of aryl methyl sites for hydroxylation is 3. The van der Waals surface area contributed by atoms with E-state index in [1.54, 1.807) is 0 Å². The van der Waals surface area contributed by atoms with Crippen LogP contribution in [0.5, 0.6) is 0 Å². The van der Waals surface area contributed by atoms with E-state index in [1.807, 2.05) is 0 Å². The molecule has 0 aliphatic rings. The van der Waals surface area contributed by atoms with Crippen molar-refractivity contribution in [3.05, 3.63) is 34.4 Å². The fourth-order valence-corrected chi connectivity index (χ4v) is 2.49. The van der Waals surface area contributed by atoms with Gasteiger partial charge < -0.3 is 10.6 Å². The summed E-state index contributed by atoms with van der Waals surface area (Å²) in [5.41, 5.74) is 11.4. The molecule has 2 N–H and O–H groups in total. The van der Waals surface area contributed by atoms with Gasteiger partial charge in [-0.05, 0) is 70.8 Å². The average Bonchev–Trinajstić information content (AvgIpc) is 2.22. The Hall–Kier alpha value is -0.860. The summed E-state index contributed by atoms with van der Waals surface area (Å²) in [6.45, 7) is 10.8. The summed E-state index contributed by atoms with van der Waals surface area (Å²) in [5.74, 6) is 0. The Morgan fingerprint density at radius 2 is 1.72 bits per heavy atom. The zero-order valence-corrected chi connectivity index (χ0v) is 12.6. The fraction of sp³-hybridized carbons (Fsp3) is 0.625. The number of hydrogen-bond acceptors (Lipinski definition) is 2. The number of benzene rings is 1. The molecule has 1 aromatic rings. The molecule has 1 aromatic carbocycles. The minimum Gasteiger partial charge on any atom is -0.328 e. The average molecular weight is 248 g/mol. The Bertz CT molecular complexity index is 360. The second-order valence-corrected chi connectivity index (χ2v) is 5.73. The van der Waals surface area contributed by atoms with Crippen LogP contribution >= 0.6 is 0 Å². The van der Waals surface area contributed by atoms with Crippen LogP contribution in [0, 0.1) is 20.8 Å². The Balaban J connectivity index is 2.56. The van der Waals surface area contributed by atoms with Crippen molar-refractivity contribution in [2.45, 2.75) is 53.1 Å². The molecule has 0 saturated heterocycles. The predicted octanol–water partition coefficient (Wildman–Crippen LogP) is 3.17. The normalized spacial score (nSPS) is 13.1. The Kier molecular flexibility index (Phi) is 5.83. The minimum atomic E-state index is 0.321. The van der Waals surface area contributed by atoms with E-state index >= 15 is 0 Å². The van der Waals surface area contributed by atoms with Crippen LogP contribution < -0.4 is 5.73 Å². The third-order valence-electron chi connectivity index (χ3n) is 3.47. The van der Waals surface area contributed by atoms with Gasteiger partial charge in [-0.3, -0.25) is 0 Å². The van der Waals surface area contributed by atoms with E-state index < -0.39 is 0 Å². The van der Waals surface area contributed by atoms with Crippen LogP contribution in [0.25, 0.3) is 0 Å². The Labute approximate surface area is 112 Å². The Morgan fingerprint density at radius 1 is 1.17 bits per heavy atom. The molecule has 1 unspecified atom stereocenters. The summed E-state index contributed by atoms with van der Waals surface area (Å²) >= 11 is 0. The van der Waals surface area contributed by atoms with Gasteiger partial charge in [-0.25, -0.2) is 0 Å². The van der Waals surface area contributed by atoms with E-state index in [-0.39, 0.29) is 0 Å². The van der Waals surface area contributed by atoms with Crippen molar-refractivity contribution in [1.82, 2.24) is 4.90 Å². The third-order valence-corrected chi connectivity index (χ3v) is 3.47. The molecule has 0 aromatic heterocycles. The summed E-state index contributed by atoms with van der Waals surface area (Å²) in [7, 11) is 2.19. The van der Waals surface area contributed by atoms with Gasteiger partial charge in [0.05, 0.1) is 0 Å². The Morgan fingerprint density at radius 3 is 2.22 bits per heavy atom. The number of hydrogen-bond donors (Lipinski definition) is 1. The molecule has 0 fully saturated rings. The maximum absolute atomic E-state index is 5.78. The second kappa shape index (κ2) is 6.91. The molecule has 0 saturated carbocycles. The van der Waals surface area contributed by atoms with Crippen LogP contribution in [-0.4, -0.2) is 24.5 Å². The molecule has 2 heteroatoms. The first-order valence-electron chi connectivity index (χ1n) is 6.91. The molecule has 18 heavy (non-hydrogen) atoms. The van der Waals surface area contributed by atoms with Crippen molar-refractivity contribution in [2.24, 2.45) is 5.73 Å². The van der Waals surface area contributed by atoms with Gasteiger partial charge in [-0.15, -0.1) is 0 Å². The highest BCUT2D eigenvalue weighted by molar-refractivity contribution is 5.37. The van der Waals surface area contributed by atoms with E-state index in [2.05, 4.69) is 51.8 Å². The smallest absolute Gasteiger partial charge is 0.0235 e. The highest BCUT2D eigenvalue weighted by Gasteiger charge is 2.07. The van der Waals surface area contributed by atoms with E-state index in [0.29, 0.717) is 6.04 Å². The van der Waals surface area contributed by atoms with Gasteiger partial charge in [0.1, 0.15) is 0 Å². The van der Waals surface area contributed by atoms with Crippen molar-refractivity contribution in [2.75, 3.05) is 13.6 Å². The molecule has 0 aliphatic heterocycles. The number of nitrogens with zero attached hydrogens (tertiary/aromatic N) is 1. The van der Waals surface area contributed by atoms with Crippen molar-refractivity contribution in [3.63, 3.8) is 0 Å². The first-order chi connectivity index (χ1) is 8.40. The van der Waals surface area contributed by atoms with Gasteiger partial charge in [0.2, 0.25) is 0 Å². The highest BCUT2D eigenvalue weighted by Crippen LogP contribution is 2.18. The molecule has 0 aliphatic carbocycles. The van der Waals surface area contributed by atoms with Crippen LogP contribution in [0.15, 0.2) is 12.1 Å². The van der Waals surface area contributed by atoms with Crippen LogP contribution in [0.1, 0.15) is 42.0 Å². The van der Waals surface area contributed by atoms with Crippen molar-refractivity contribution < 1.29 is 0 Å². The summed E-state index contributed by atoms with van der Waals surface area (Å²) in [6.07, 6.45) is 2.29. The highest BCUT2D eigenvalue weighted by atomic mass is 15.1. The third kappa shape index (κ3) is 4.79. The van der Waals surface area contributed by atoms with Crippen LogP contribution in [0.2, 0.25) is 0 Å². The van der Waals surface area contributed by atoms with Crippen molar-refractivity contribution in [1.29, 1.82) is 0 Å². The fourth-order valence-electron chi connectivity index (χ4n) is 2.49. The summed E-state index contributed by atoms with van der Waals surface area (Å²) in [5, 5.41) is 0. The second-order valence-electron chi connectivity index (χ2n) is 5.73. The monoisotopic (exact) mass is 248 g/mol. The number of rotatable bonds is 6. The topological polar surface area (TPSA) is 29.3 Å². The molecule has 0 bridgehead atoms. The lowest BCUT2D eigenvalue weighted by Crippen LogP contribution is -2.23. The lowest BCUT2D eigenvalue weighted by molar-refractivity contribution is 0.314. The van der Waals surface area contributed by atoms with Crippen molar-refractivity contribution in [3.8, 4) is 0 Å². The van der Waals surface area contributed by atoms with E-state index in [0.717, 1.165) is 19.5 Å². The zero-order valence-electron chi connectivity index (χ0n) is 12.6. The first kappa shape index (κ1) is 15.2. The number of nitrogens with two attached hydrogens (primary N) is 1. The van der Waals surface area contributed by atoms with Crippen LogP contribution in [0.3, 0.4) is 0 Å². The predicted molar refractivity (Wildman–Crippen MR) is 79.9 cm³/mol.